The van der Waals surface area contributed by atoms with Crippen molar-refractivity contribution < 1.29 is 9.53 Å². The van der Waals surface area contributed by atoms with Crippen LogP contribution in [-0.4, -0.2) is 48.6 Å². The molecule has 0 aliphatic carbocycles. The maximum absolute atomic E-state index is 12.2. The van der Waals surface area contributed by atoms with E-state index in [1.165, 1.54) is 22.5 Å². The number of hydrogen-bond acceptors (Lipinski definition) is 5. The van der Waals surface area contributed by atoms with Crippen molar-refractivity contribution in [3.8, 4) is 0 Å². The maximum atomic E-state index is 12.2. The minimum atomic E-state index is -0.114. The van der Waals surface area contributed by atoms with Crippen molar-refractivity contribution in [1.29, 1.82) is 0 Å². The number of nitrogens with one attached hydrogen (secondary N) is 1. The van der Waals surface area contributed by atoms with Crippen LogP contribution < -0.4 is 5.32 Å². The third-order valence-corrected chi connectivity index (χ3v) is 4.62. The number of aryl methyl sites for hydroxylation is 1. The molecule has 1 amide bonds. The van der Waals surface area contributed by atoms with Crippen molar-refractivity contribution in [2.45, 2.75) is 13.0 Å². The Bertz CT molecular complexity index is 639. The molecule has 1 N–H and O–H groups in total. The molecule has 0 bridgehead atoms. The lowest BCUT2D eigenvalue weighted by atomic mass is 10.0. The predicted molar refractivity (Wildman–Crippen MR) is 90.8 cm³/mol. The van der Waals surface area contributed by atoms with Gasteiger partial charge in [0.15, 0.2) is 0 Å². The summed E-state index contributed by atoms with van der Waals surface area (Å²) in [6, 6.07) is 8.63. The van der Waals surface area contributed by atoms with Crippen molar-refractivity contribution in [2.75, 3.05) is 32.8 Å². The summed E-state index contributed by atoms with van der Waals surface area (Å²) in [5, 5.41) is 4.79. The van der Waals surface area contributed by atoms with Crippen LogP contribution in [0.3, 0.4) is 0 Å². The fourth-order valence-electron chi connectivity index (χ4n) is 2.83. The second-order valence-corrected chi connectivity index (χ2v) is 6.38. The quantitative estimate of drug-likeness (QED) is 0.913. The molecule has 1 aliphatic heterocycles. The van der Waals surface area contributed by atoms with E-state index in [1.54, 1.807) is 10.9 Å². The lowest BCUT2D eigenvalue weighted by molar-refractivity contribution is 0.0162. The standard InChI is InChI=1S/C17H21N3O2S/c1-13-3-2-4-14(9-13)16(20-5-7-22-8-6-20)10-18-17(21)15-11-23-12-19-15/h2-4,9,11-12,16H,5-8,10H2,1H3,(H,18,21)/t16-/m0/s1. The highest BCUT2D eigenvalue weighted by atomic mass is 32.1. The first kappa shape index (κ1) is 16.1. The summed E-state index contributed by atoms with van der Waals surface area (Å²) < 4.78 is 5.46. The number of carbonyl (C=O) groups is 1. The van der Waals surface area contributed by atoms with Crippen LogP contribution in [0.25, 0.3) is 0 Å². The number of nitrogens with zero attached hydrogens (tertiary/aromatic N) is 2. The molecule has 1 aromatic carbocycles. The fraction of sp³-hybridized carbons (Fsp3) is 0.412. The van der Waals surface area contributed by atoms with Crippen LogP contribution in [-0.2, 0) is 4.74 Å². The van der Waals surface area contributed by atoms with Crippen LogP contribution in [0.5, 0.6) is 0 Å². The van der Waals surface area contributed by atoms with Gasteiger partial charge in [0, 0.05) is 25.0 Å². The Labute approximate surface area is 140 Å². The summed E-state index contributed by atoms with van der Waals surface area (Å²) in [5.41, 5.74) is 4.62. The Hall–Kier alpha value is -1.76. The van der Waals surface area contributed by atoms with Gasteiger partial charge in [-0.2, -0.15) is 0 Å². The number of thiazole rings is 1. The summed E-state index contributed by atoms with van der Waals surface area (Å²) in [6.45, 7) is 5.90. The van der Waals surface area contributed by atoms with Gasteiger partial charge in [-0.1, -0.05) is 29.8 Å². The SMILES string of the molecule is Cc1cccc([C@H](CNC(=O)c2cscn2)N2CCOCC2)c1. The van der Waals surface area contributed by atoms with E-state index in [0.29, 0.717) is 12.2 Å². The Balaban J connectivity index is 1.73. The zero-order valence-corrected chi connectivity index (χ0v) is 14.0. The van der Waals surface area contributed by atoms with E-state index in [2.05, 4.69) is 46.4 Å². The molecule has 3 rings (SSSR count). The monoisotopic (exact) mass is 331 g/mol. The van der Waals surface area contributed by atoms with E-state index in [9.17, 15) is 4.79 Å². The van der Waals surface area contributed by atoms with Gasteiger partial charge in [-0.25, -0.2) is 4.98 Å². The van der Waals surface area contributed by atoms with Gasteiger partial charge in [-0.15, -0.1) is 11.3 Å². The van der Waals surface area contributed by atoms with E-state index < -0.39 is 0 Å². The first-order chi connectivity index (χ1) is 11.2. The molecular weight excluding hydrogens is 310 g/mol. The van der Waals surface area contributed by atoms with E-state index >= 15 is 0 Å². The molecule has 2 aromatic rings. The third kappa shape index (κ3) is 4.16. The van der Waals surface area contributed by atoms with E-state index in [4.69, 9.17) is 4.74 Å². The molecular formula is C17H21N3O2S. The highest BCUT2D eigenvalue weighted by Crippen LogP contribution is 2.22. The smallest absolute Gasteiger partial charge is 0.270 e. The highest BCUT2D eigenvalue weighted by Gasteiger charge is 2.23. The van der Waals surface area contributed by atoms with Crippen molar-refractivity contribution in [2.24, 2.45) is 0 Å². The Morgan fingerprint density at radius 3 is 2.96 bits per heavy atom. The zero-order valence-electron chi connectivity index (χ0n) is 13.2. The molecule has 0 unspecified atom stereocenters. The van der Waals surface area contributed by atoms with Crippen LogP contribution in [0.1, 0.15) is 27.7 Å². The van der Waals surface area contributed by atoms with Crippen molar-refractivity contribution in [1.82, 2.24) is 15.2 Å². The molecule has 1 atom stereocenters. The van der Waals surface area contributed by atoms with Gasteiger partial charge in [-0.05, 0) is 12.5 Å². The molecule has 0 spiro atoms. The number of benzene rings is 1. The Kier molecular flexibility index (Phi) is 5.38. The third-order valence-electron chi connectivity index (χ3n) is 4.03. The number of morpholine rings is 1. The van der Waals surface area contributed by atoms with E-state index in [1.807, 2.05) is 0 Å². The van der Waals surface area contributed by atoms with Crippen molar-refractivity contribution >= 4 is 17.2 Å². The van der Waals surface area contributed by atoms with Crippen molar-refractivity contribution in [3.63, 3.8) is 0 Å². The molecule has 122 valence electrons. The number of aromatic nitrogens is 1. The topological polar surface area (TPSA) is 54.5 Å². The molecule has 0 radical (unpaired) electrons. The second-order valence-electron chi connectivity index (χ2n) is 5.66. The Morgan fingerprint density at radius 1 is 1.43 bits per heavy atom. The molecule has 5 nitrogen and oxygen atoms in total. The number of rotatable bonds is 5. The predicted octanol–water partition coefficient (Wildman–Crippen LogP) is 2.25. The van der Waals surface area contributed by atoms with Gasteiger partial charge < -0.3 is 10.1 Å². The highest BCUT2D eigenvalue weighted by molar-refractivity contribution is 7.07. The molecule has 1 fully saturated rings. The summed E-state index contributed by atoms with van der Waals surface area (Å²) in [5.74, 6) is -0.114. The normalized spacial score (nSPS) is 16.9. The van der Waals surface area contributed by atoms with Gasteiger partial charge in [0.1, 0.15) is 5.69 Å². The number of ether oxygens (including phenoxy) is 1. The summed E-state index contributed by atoms with van der Waals surface area (Å²) in [4.78, 5) is 18.6. The number of amides is 1. The van der Waals surface area contributed by atoms with Crippen molar-refractivity contribution in [3.05, 3.63) is 52.0 Å². The van der Waals surface area contributed by atoms with Crippen LogP contribution in [0.15, 0.2) is 35.2 Å². The van der Waals surface area contributed by atoms with Gasteiger partial charge in [-0.3, -0.25) is 9.69 Å². The molecule has 0 saturated carbocycles. The van der Waals surface area contributed by atoms with Crippen LogP contribution >= 0.6 is 11.3 Å². The van der Waals surface area contributed by atoms with Gasteiger partial charge in [0.25, 0.3) is 5.91 Å². The largest absolute Gasteiger partial charge is 0.379 e. The lowest BCUT2D eigenvalue weighted by Gasteiger charge is -2.35. The van der Waals surface area contributed by atoms with Gasteiger partial charge >= 0.3 is 0 Å². The van der Waals surface area contributed by atoms with Gasteiger partial charge in [0.05, 0.1) is 24.8 Å². The number of hydrogen-bond donors (Lipinski definition) is 1. The minimum absolute atomic E-state index is 0.114. The Morgan fingerprint density at radius 2 is 2.26 bits per heavy atom. The zero-order chi connectivity index (χ0) is 16.1. The lowest BCUT2D eigenvalue weighted by Crippen LogP contribution is -2.43. The van der Waals surface area contributed by atoms with Crippen LogP contribution in [0.4, 0.5) is 0 Å². The summed E-state index contributed by atoms with van der Waals surface area (Å²) in [6.07, 6.45) is 0. The molecule has 1 aromatic heterocycles. The minimum Gasteiger partial charge on any atom is -0.379 e. The average molecular weight is 331 g/mol. The molecule has 23 heavy (non-hydrogen) atoms. The van der Waals surface area contributed by atoms with E-state index in [-0.39, 0.29) is 11.9 Å². The molecule has 2 heterocycles. The van der Waals surface area contributed by atoms with Gasteiger partial charge in [0.2, 0.25) is 0 Å². The van der Waals surface area contributed by atoms with Crippen LogP contribution in [0, 0.1) is 6.92 Å². The first-order valence-corrected chi connectivity index (χ1v) is 8.73. The average Bonchev–Trinajstić information content (AvgIpc) is 3.10. The second kappa shape index (κ2) is 7.68. The summed E-state index contributed by atoms with van der Waals surface area (Å²) in [7, 11) is 0. The number of carbonyl (C=O) groups excluding carboxylic acids is 1. The summed E-state index contributed by atoms with van der Waals surface area (Å²) >= 11 is 1.43. The molecule has 1 saturated heterocycles. The maximum Gasteiger partial charge on any atom is 0.270 e. The fourth-order valence-corrected chi connectivity index (χ4v) is 3.36. The molecule has 1 aliphatic rings. The van der Waals surface area contributed by atoms with E-state index in [0.717, 1.165) is 26.3 Å². The van der Waals surface area contributed by atoms with Crippen LogP contribution in [0.2, 0.25) is 0 Å². The first-order valence-electron chi connectivity index (χ1n) is 7.79. The molecule has 6 heteroatoms.